The summed E-state index contributed by atoms with van der Waals surface area (Å²) in [7, 11) is 1.93. The molecule has 0 spiro atoms. The zero-order valence-electron chi connectivity index (χ0n) is 14.7. The average molecular weight is 336 g/mol. The summed E-state index contributed by atoms with van der Waals surface area (Å²) in [5, 5.41) is 12.0. The molecular weight excluding hydrogens is 312 g/mol. The molecule has 0 amide bonds. The minimum Gasteiger partial charge on any atom is -0.357 e. The van der Waals surface area contributed by atoms with Gasteiger partial charge >= 0.3 is 0 Å². The lowest BCUT2D eigenvalue weighted by atomic mass is 10.1. The molecule has 0 unspecified atom stereocenters. The fraction of sp³-hybridized carbons (Fsp3) is 0.316. The fourth-order valence-electron chi connectivity index (χ4n) is 2.74. The van der Waals surface area contributed by atoms with Gasteiger partial charge in [0.25, 0.3) is 0 Å². The number of guanidine groups is 1. The van der Waals surface area contributed by atoms with Crippen LogP contribution >= 0.6 is 0 Å². The Morgan fingerprint density at radius 1 is 1.12 bits per heavy atom. The van der Waals surface area contributed by atoms with Crippen LogP contribution in [0.1, 0.15) is 18.2 Å². The number of nitrogens with one attached hydrogen (secondary N) is 2. The minimum absolute atomic E-state index is 0.599. The molecule has 6 nitrogen and oxygen atoms in total. The Kier molecular flexibility index (Phi) is 5.61. The lowest BCUT2D eigenvalue weighted by Gasteiger charge is -2.12. The highest BCUT2D eigenvalue weighted by Gasteiger charge is 2.03. The molecule has 3 aromatic rings. The first-order valence-electron chi connectivity index (χ1n) is 8.59. The number of hydrogen-bond acceptors (Lipinski definition) is 3. The van der Waals surface area contributed by atoms with Crippen molar-refractivity contribution in [3.63, 3.8) is 0 Å². The van der Waals surface area contributed by atoms with Gasteiger partial charge in [-0.25, -0.2) is 4.99 Å². The van der Waals surface area contributed by atoms with E-state index in [-0.39, 0.29) is 0 Å². The average Bonchev–Trinajstić information content (AvgIpc) is 3.05. The first kappa shape index (κ1) is 17.0. The Hall–Kier alpha value is -2.89. The van der Waals surface area contributed by atoms with Gasteiger partial charge in [-0.05, 0) is 31.0 Å². The Morgan fingerprint density at radius 3 is 2.80 bits per heavy atom. The maximum absolute atomic E-state index is 4.63. The van der Waals surface area contributed by atoms with Gasteiger partial charge in [0.15, 0.2) is 5.96 Å². The third kappa shape index (κ3) is 4.35. The Morgan fingerprint density at radius 2 is 2.00 bits per heavy atom. The Balaban J connectivity index is 1.62. The number of pyridine rings is 1. The van der Waals surface area contributed by atoms with E-state index in [1.165, 1.54) is 10.9 Å². The zero-order valence-corrected chi connectivity index (χ0v) is 14.7. The lowest BCUT2D eigenvalue weighted by molar-refractivity contribution is 0.707. The van der Waals surface area contributed by atoms with Crippen LogP contribution < -0.4 is 10.6 Å². The highest BCUT2D eigenvalue weighted by Crippen LogP contribution is 2.15. The normalized spacial score (nSPS) is 11.7. The van der Waals surface area contributed by atoms with Crippen LogP contribution in [0.25, 0.3) is 10.9 Å². The van der Waals surface area contributed by atoms with Crippen LogP contribution in [0, 0.1) is 0 Å². The molecule has 1 aromatic carbocycles. The maximum atomic E-state index is 4.63. The third-order valence-electron chi connectivity index (χ3n) is 4.07. The number of rotatable bonds is 6. The largest absolute Gasteiger partial charge is 0.357 e. The van der Waals surface area contributed by atoms with Gasteiger partial charge in [-0.2, -0.15) is 5.10 Å². The van der Waals surface area contributed by atoms with Crippen molar-refractivity contribution in [2.24, 2.45) is 12.0 Å². The van der Waals surface area contributed by atoms with Gasteiger partial charge in [0.1, 0.15) is 0 Å². The standard InChI is InChI=1S/C19H24N6/c1-3-20-19(23-14-17-10-13-24-25(17)2)22-12-9-16-7-4-6-15-8-5-11-21-18(15)16/h4-8,10-11,13H,3,9,12,14H2,1-2H3,(H2,20,22,23). The van der Waals surface area contributed by atoms with Crippen molar-refractivity contribution in [1.82, 2.24) is 25.4 Å². The van der Waals surface area contributed by atoms with E-state index in [1.807, 2.05) is 30.1 Å². The van der Waals surface area contributed by atoms with Gasteiger partial charge < -0.3 is 10.6 Å². The van der Waals surface area contributed by atoms with Crippen molar-refractivity contribution in [2.75, 3.05) is 13.1 Å². The van der Waals surface area contributed by atoms with E-state index in [0.717, 1.165) is 36.7 Å². The molecule has 0 saturated heterocycles. The summed E-state index contributed by atoms with van der Waals surface area (Å²) in [5.41, 5.74) is 3.40. The molecule has 0 aliphatic heterocycles. The lowest BCUT2D eigenvalue weighted by Crippen LogP contribution is -2.38. The van der Waals surface area contributed by atoms with Crippen LogP contribution in [0.4, 0.5) is 0 Å². The van der Waals surface area contributed by atoms with Crippen molar-refractivity contribution in [2.45, 2.75) is 19.9 Å². The van der Waals surface area contributed by atoms with Crippen LogP contribution in [-0.4, -0.2) is 33.8 Å². The predicted molar refractivity (Wildman–Crippen MR) is 101 cm³/mol. The van der Waals surface area contributed by atoms with Crippen molar-refractivity contribution >= 4 is 16.9 Å². The summed E-state index contributed by atoms with van der Waals surface area (Å²) in [6.07, 6.45) is 4.53. The number of para-hydroxylation sites is 1. The summed E-state index contributed by atoms with van der Waals surface area (Å²) in [4.78, 5) is 9.14. The van der Waals surface area contributed by atoms with Crippen LogP contribution in [-0.2, 0) is 20.0 Å². The minimum atomic E-state index is 0.599. The van der Waals surface area contributed by atoms with Gasteiger partial charge in [-0.1, -0.05) is 24.3 Å². The summed E-state index contributed by atoms with van der Waals surface area (Å²) in [6, 6.07) is 12.4. The van der Waals surface area contributed by atoms with E-state index in [0.29, 0.717) is 6.54 Å². The van der Waals surface area contributed by atoms with Crippen LogP contribution in [0.3, 0.4) is 0 Å². The number of benzene rings is 1. The number of aryl methyl sites for hydroxylation is 1. The first-order valence-corrected chi connectivity index (χ1v) is 8.59. The van der Waals surface area contributed by atoms with Crippen molar-refractivity contribution in [3.8, 4) is 0 Å². The zero-order chi connectivity index (χ0) is 17.5. The van der Waals surface area contributed by atoms with Gasteiger partial charge in [0, 0.05) is 37.9 Å². The smallest absolute Gasteiger partial charge is 0.191 e. The molecule has 0 radical (unpaired) electrons. The van der Waals surface area contributed by atoms with Crippen LogP contribution in [0.2, 0.25) is 0 Å². The summed E-state index contributed by atoms with van der Waals surface area (Å²) in [5.74, 6) is 0.817. The topological polar surface area (TPSA) is 67.1 Å². The number of aliphatic imine (C=N–C) groups is 1. The number of nitrogens with zero attached hydrogens (tertiary/aromatic N) is 4. The Labute approximate surface area is 148 Å². The fourth-order valence-corrected chi connectivity index (χ4v) is 2.74. The quantitative estimate of drug-likeness (QED) is 0.535. The summed E-state index contributed by atoms with van der Waals surface area (Å²) < 4.78 is 1.84. The van der Waals surface area contributed by atoms with E-state index in [9.17, 15) is 0 Å². The molecular formula is C19H24N6. The SMILES string of the molecule is CCNC(=NCc1ccnn1C)NCCc1cccc2cccnc12. The monoisotopic (exact) mass is 336 g/mol. The van der Waals surface area contributed by atoms with Crippen molar-refractivity contribution in [1.29, 1.82) is 0 Å². The van der Waals surface area contributed by atoms with E-state index < -0.39 is 0 Å². The van der Waals surface area contributed by atoms with Crippen molar-refractivity contribution in [3.05, 3.63) is 60.0 Å². The van der Waals surface area contributed by atoms with Crippen LogP contribution in [0.5, 0.6) is 0 Å². The molecule has 130 valence electrons. The summed E-state index contributed by atoms with van der Waals surface area (Å²) in [6.45, 7) is 4.29. The molecule has 3 rings (SSSR count). The third-order valence-corrected chi connectivity index (χ3v) is 4.07. The highest BCUT2D eigenvalue weighted by atomic mass is 15.3. The highest BCUT2D eigenvalue weighted by molar-refractivity contribution is 5.82. The van der Waals surface area contributed by atoms with E-state index in [4.69, 9.17) is 0 Å². The molecule has 0 aliphatic carbocycles. The second-order valence-corrected chi connectivity index (χ2v) is 5.81. The van der Waals surface area contributed by atoms with Gasteiger partial charge in [-0.15, -0.1) is 0 Å². The first-order chi connectivity index (χ1) is 12.3. The molecule has 0 bridgehead atoms. The Bertz CT molecular complexity index is 847. The van der Waals surface area contributed by atoms with Gasteiger partial charge in [0.2, 0.25) is 0 Å². The van der Waals surface area contributed by atoms with Gasteiger partial charge in [0.05, 0.1) is 17.8 Å². The molecule has 6 heteroatoms. The van der Waals surface area contributed by atoms with E-state index in [1.54, 1.807) is 6.20 Å². The van der Waals surface area contributed by atoms with Gasteiger partial charge in [-0.3, -0.25) is 9.67 Å². The molecule has 2 heterocycles. The number of aromatic nitrogens is 3. The molecule has 2 N–H and O–H groups in total. The molecule has 0 fully saturated rings. The molecule has 0 saturated carbocycles. The maximum Gasteiger partial charge on any atom is 0.191 e. The molecule has 0 aliphatic rings. The van der Waals surface area contributed by atoms with Crippen LogP contribution in [0.15, 0.2) is 53.8 Å². The van der Waals surface area contributed by atoms with Crippen molar-refractivity contribution < 1.29 is 0 Å². The second kappa shape index (κ2) is 8.28. The predicted octanol–water partition coefficient (Wildman–Crippen LogP) is 2.27. The number of hydrogen-bond donors (Lipinski definition) is 2. The second-order valence-electron chi connectivity index (χ2n) is 5.81. The molecule has 0 atom stereocenters. The summed E-state index contributed by atoms with van der Waals surface area (Å²) >= 11 is 0. The molecule has 25 heavy (non-hydrogen) atoms. The van der Waals surface area contributed by atoms with E-state index in [2.05, 4.69) is 56.9 Å². The molecule has 2 aromatic heterocycles. The number of fused-ring (bicyclic) bond motifs is 1. The van der Waals surface area contributed by atoms with E-state index >= 15 is 0 Å².